The standard InChI is InChI=1S/C8H12.3CO.Fe/c1-2-4-6-8-7-5-3-1;3*1-2;/h1-4H,5-8H2;;;;/b3-1-,4-2-;;;;. The quantitative estimate of drug-likeness (QED) is 0.359. The van der Waals surface area contributed by atoms with Crippen LogP contribution in [0.25, 0.3) is 0 Å². The Morgan fingerprint density at radius 1 is 0.667 bits per heavy atom. The summed E-state index contributed by atoms with van der Waals surface area (Å²) in [6, 6.07) is 0. The minimum absolute atomic E-state index is 0. The van der Waals surface area contributed by atoms with Gasteiger partial charge in [0.1, 0.15) is 0 Å². The van der Waals surface area contributed by atoms with E-state index in [-0.39, 0.29) is 17.1 Å². The Kier molecular flexibility index (Phi) is 60.1. The summed E-state index contributed by atoms with van der Waals surface area (Å²) in [5, 5.41) is 0. The maximum atomic E-state index is 7.50. The van der Waals surface area contributed by atoms with Crippen molar-refractivity contribution < 1.29 is 31.0 Å². The van der Waals surface area contributed by atoms with E-state index in [1.165, 1.54) is 25.7 Å². The fraction of sp³-hybridized carbons (Fsp3) is 0.364. The molecule has 0 atom stereocenters. The van der Waals surface area contributed by atoms with E-state index in [2.05, 4.69) is 44.3 Å². The molecule has 1 aliphatic rings. The van der Waals surface area contributed by atoms with Gasteiger partial charge in [0.2, 0.25) is 0 Å². The summed E-state index contributed by atoms with van der Waals surface area (Å²) in [7, 11) is 0. The number of allylic oxidation sites excluding steroid dienone is 4. The predicted molar refractivity (Wildman–Crippen MR) is 48.5 cm³/mol. The topological polar surface area (TPSA) is 59.7 Å². The molecule has 1 rings (SSSR count). The van der Waals surface area contributed by atoms with Gasteiger partial charge in [-0.3, -0.25) is 0 Å². The van der Waals surface area contributed by atoms with Gasteiger partial charge in [0, 0.05) is 17.1 Å². The van der Waals surface area contributed by atoms with Crippen molar-refractivity contribution in [2.45, 2.75) is 25.7 Å². The van der Waals surface area contributed by atoms with Crippen molar-refractivity contribution >= 4 is 0 Å². The van der Waals surface area contributed by atoms with Crippen molar-refractivity contribution in [1.82, 2.24) is 0 Å². The molecule has 1 aliphatic carbocycles. The average molecular weight is 248 g/mol. The van der Waals surface area contributed by atoms with Crippen LogP contribution in [0.15, 0.2) is 24.3 Å². The van der Waals surface area contributed by atoms with Gasteiger partial charge in [-0.25, -0.2) is 0 Å². The van der Waals surface area contributed by atoms with E-state index < -0.39 is 0 Å². The monoisotopic (exact) mass is 248 g/mol. The molecule has 3 nitrogen and oxygen atoms in total. The van der Waals surface area contributed by atoms with Gasteiger partial charge >= 0.3 is 33.9 Å². The summed E-state index contributed by atoms with van der Waals surface area (Å²) >= 11 is 0. The van der Waals surface area contributed by atoms with Gasteiger partial charge in [0.15, 0.2) is 0 Å². The largest absolute Gasteiger partial charge is 0 e. The molecule has 0 aliphatic heterocycles. The summed E-state index contributed by atoms with van der Waals surface area (Å²) in [5.41, 5.74) is 0. The first-order chi connectivity index (χ1) is 7.00. The first kappa shape index (κ1) is 23.8. The van der Waals surface area contributed by atoms with Gasteiger partial charge in [-0.2, -0.15) is 0 Å². The van der Waals surface area contributed by atoms with Gasteiger partial charge in [0.25, 0.3) is 0 Å². The molecule has 0 bridgehead atoms. The van der Waals surface area contributed by atoms with Crippen LogP contribution in [0.5, 0.6) is 0 Å². The first-order valence-corrected chi connectivity index (χ1v) is 3.93. The average Bonchev–Trinajstić information content (AvgIpc) is 2.26. The van der Waals surface area contributed by atoms with E-state index in [9.17, 15) is 0 Å². The van der Waals surface area contributed by atoms with Gasteiger partial charge in [-0.05, 0) is 25.7 Å². The third-order valence-corrected chi connectivity index (χ3v) is 1.37. The van der Waals surface area contributed by atoms with Crippen LogP contribution in [0.2, 0.25) is 0 Å². The van der Waals surface area contributed by atoms with Gasteiger partial charge in [-0.1, -0.05) is 24.3 Å². The van der Waals surface area contributed by atoms with Crippen molar-refractivity contribution in [2.75, 3.05) is 0 Å². The molecule has 0 spiro atoms. The molecule has 0 amide bonds. The second-order valence-electron chi connectivity index (χ2n) is 2.14. The van der Waals surface area contributed by atoms with Crippen LogP contribution in [0.4, 0.5) is 0 Å². The zero-order chi connectivity index (χ0) is 11.7. The van der Waals surface area contributed by atoms with Crippen LogP contribution in [0, 0.1) is 20.0 Å². The van der Waals surface area contributed by atoms with E-state index >= 15 is 0 Å². The summed E-state index contributed by atoms with van der Waals surface area (Å²) in [5.74, 6) is 0. The molecular weight excluding hydrogens is 236 g/mol. The van der Waals surface area contributed by atoms with E-state index in [1.807, 2.05) is 0 Å². The van der Waals surface area contributed by atoms with Crippen molar-refractivity contribution in [3.05, 3.63) is 44.3 Å². The van der Waals surface area contributed by atoms with Crippen molar-refractivity contribution in [3.8, 4) is 0 Å². The Labute approximate surface area is 101 Å². The third kappa shape index (κ3) is 31.9. The van der Waals surface area contributed by atoms with Crippen molar-refractivity contribution in [3.63, 3.8) is 0 Å². The van der Waals surface area contributed by atoms with Crippen LogP contribution in [-0.4, -0.2) is 0 Å². The molecule has 15 heavy (non-hydrogen) atoms. The smallest absolute Gasteiger partial charge is 0 e. The normalized spacial score (nSPS) is 15.3. The molecule has 0 aromatic carbocycles. The SMILES string of the molecule is C1=C\CCCC\C=C/1.[C-]#[O+].[C-]#[O+].[C-]#[O+].[Fe]. The van der Waals surface area contributed by atoms with Gasteiger partial charge < -0.3 is 0 Å². The molecular formula is C11H12FeO3. The Balaban J connectivity index is -0.0000000755. The molecule has 0 saturated heterocycles. The van der Waals surface area contributed by atoms with E-state index in [0.29, 0.717) is 0 Å². The third-order valence-electron chi connectivity index (χ3n) is 1.37. The van der Waals surface area contributed by atoms with Crippen molar-refractivity contribution in [1.29, 1.82) is 0 Å². The fourth-order valence-corrected chi connectivity index (χ4v) is 0.874. The molecule has 0 radical (unpaired) electrons. The molecule has 0 aromatic rings. The zero-order valence-electron chi connectivity index (χ0n) is 8.22. The second-order valence-corrected chi connectivity index (χ2v) is 2.14. The molecule has 0 aromatic heterocycles. The van der Waals surface area contributed by atoms with Crippen LogP contribution in [-0.2, 0) is 31.0 Å². The first-order valence-electron chi connectivity index (χ1n) is 3.93. The number of rotatable bonds is 0. The molecule has 0 N–H and O–H groups in total. The van der Waals surface area contributed by atoms with E-state index in [0.717, 1.165) is 0 Å². The van der Waals surface area contributed by atoms with Gasteiger partial charge in [-0.15, -0.1) is 0 Å². The number of hydrogen-bond donors (Lipinski definition) is 0. The molecule has 0 saturated carbocycles. The van der Waals surface area contributed by atoms with Crippen LogP contribution >= 0.6 is 0 Å². The summed E-state index contributed by atoms with van der Waals surface area (Å²) in [6.45, 7) is 13.5. The van der Waals surface area contributed by atoms with E-state index in [4.69, 9.17) is 14.0 Å². The molecule has 4 heteroatoms. The Bertz CT molecular complexity index is 173. The Morgan fingerprint density at radius 2 is 0.933 bits per heavy atom. The summed E-state index contributed by atoms with van der Waals surface area (Å²) < 4.78 is 22.5. The summed E-state index contributed by atoms with van der Waals surface area (Å²) in [6.07, 6.45) is 14.0. The predicted octanol–water partition coefficient (Wildman–Crippen LogP) is 2.56. The Morgan fingerprint density at radius 3 is 1.20 bits per heavy atom. The van der Waals surface area contributed by atoms with Crippen LogP contribution < -0.4 is 0 Å². The molecule has 0 fully saturated rings. The molecule has 0 heterocycles. The van der Waals surface area contributed by atoms with E-state index in [1.54, 1.807) is 0 Å². The maximum Gasteiger partial charge on any atom is 0 e. The minimum Gasteiger partial charge on any atom is 0 e. The van der Waals surface area contributed by atoms with Crippen LogP contribution in [0.1, 0.15) is 25.7 Å². The number of hydrogen-bond acceptors (Lipinski definition) is 0. The molecule has 0 unspecified atom stereocenters. The summed E-state index contributed by atoms with van der Waals surface area (Å²) in [4.78, 5) is 0. The fourth-order valence-electron chi connectivity index (χ4n) is 0.874. The van der Waals surface area contributed by atoms with Gasteiger partial charge in [0.05, 0.1) is 0 Å². The van der Waals surface area contributed by atoms with Crippen molar-refractivity contribution in [2.24, 2.45) is 0 Å². The second kappa shape index (κ2) is 37.9. The minimum atomic E-state index is 0. The maximum absolute atomic E-state index is 7.50. The van der Waals surface area contributed by atoms with Crippen LogP contribution in [0.3, 0.4) is 0 Å². The Hall–Kier alpha value is -0.781. The zero-order valence-corrected chi connectivity index (χ0v) is 9.32. The molecule has 82 valence electrons.